The van der Waals surface area contributed by atoms with E-state index in [1.165, 1.54) is 6.20 Å². The summed E-state index contributed by atoms with van der Waals surface area (Å²) in [5, 5.41) is 21.9. The van der Waals surface area contributed by atoms with Crippen LogP contribution in [0.15, 0.2) is 12.3 Å². The fraction of sp³-hybridized carbons (Fsp3) is 0.455. The third-order valence-electron chi connectivity index (χ3n) is 2.70. The Morgan fingerprint density at radius 3 is 3.18 bits per heavy atom. The quantitative estimate of drug-likeness (QED) is 0.685. The number of pyridine rings is 1. The Morgan fingerprint density at radius 1 is 1.71 bits per heavy atom. The topological polar surface area (TPSA) is 104 Å². The maximum absolute atomic E-state index is 10.0. The van der Waals surface area contributed by atoms with Gasteiger partial charge in [-0.1, -0.05) is 0 Å². The standard InChI is InChI=1S/C11H14N4O2/c12-4-8-3-9(13)5-14-10(8)15-6-11(16)1-2-17-7-11/h3,5,16H,1-2,6-7,13H2,(H,14,15). The Morgan fingerprint density at radius 2 is 2.53 bits per heavy atom. The predicted octanol–water partition coefficient (Wildman–Crippen LogP) is 0.0988. The van der Waals surface area contributed by atoms with Crippen LogP contribution in [0.2, 0.25) is 0 Å². The first-order chi connectivity index (χ1) is 8.13. The number of hydrogen-bond donors (Lipinski definition) is 3. The van der Waals surface area contributed by atoms with Crippen LogP contribution in [0.1, 0.15) is 12.0 Å². The zero-order chi connectivity index (χ0) is 12.3. The van der Waals surface area contributed by atoms with Crippen LogP contribution in [0.5, 0.6) is 0 Å². The van der Waals surface area contributed by atoms with Gasteiger partial charge in [-0.15, -0.1) is 0 Å². The van der Waals surface area contributed by atoms with Crippen molar-refractivity contribution in [1.29, 1.82) is 5.26 Å². The summed E-state index contributed by atoms with van der Waals surface area (Å²) in [5.74, 6) is 0.432. The van der Waals surface area contributed by atoms with Gasteiger partial charge < -0.3 is 20.9 Å². The van der Waals surface area contributed by atoms with E-state index < -0.39 is 5.60 Å². The van der Waals surface area contributed by atoms with Crippen molar-refractivity contribution < 1.29 is 9.84 Å². The Kier molecular flexibility index (Phi) is 3.13. The van der Waals surface area contributed by atoms with E-state index >= 15 is 0 Å². The second-order valence-electron chi connectivity index (χ2n) is 4.16. The molecule has 0 aliphatic carbocycles. The maximum Gasteiger partial charge on any atom is 0.144 e. The third-order valence-corrected chi connectivity index (χ3v) is 2.70. The Bertz CT molecular complexity index is 449. The summed E-state index contributed by atoms with van der Waals surface area (Å²) in [6, 6.07) is 3.55. The second-order valence-corrected chi connectivity index (χ2v) is 4.16. The summed E-state index contributed by atoms with van der Waals surface area (Å²) >= 11 is 0. The normalized spacial score (nSPS) is 23.3. The van der Waals surface area contributed by atoms with E-state index in [9.17, 15) is 5.11 Å². The minimum Gasteiger partial charge on any atom is -0.397 e. The number of rotatable bonds is 3. The van der Waals surface area contributed by atoms with Crippen LogP contribution in [0, 0.1) is 11.3 Å². The largest absolute Gasteiger partial charge is 0.397 e. The lowest BCUT2D eigenvalue weighted by molar-refractivity contribution is 0.0381. The van der Waals surface area contributed by atoms with Crippen LogP contribution in [-0.2, 0) is 4.74 Å². The first-order valence-corrected chi connectivity index (χ1v) is 5.33. The zero-order valence-electron chi connectivity index (χ0n) is 9.31. The molecule has 6 nitrogen and oxygen atoms in total. The summed E-state index contributed by atoms with van der Waals surface area (Å²) in [4.78, 5) is 4.03. The number of nitriles is 1. The number of ether oxygens (including phenoxy) is 1. The Balaban J connectivity index is 2.06. The molecule has 1 aromatic heterocycles. The number of aromatic nitrogens is 1. The smallest absolute Gasteiger partial charge is 0.144 e. The van der Waals surface area contributed by atoms with Gasteiger partial charge in [0.2, 0.25) is 0 Å². The molecule has 0 saturated carbocycles. The van der Waals surface area contributed by atoms with E-state index in [0.717, 1.165) is 0 Å². The molecule has 1 atom stereocenters. The molecule has 0 bridgehead atoms. The van der Waals surface area contributed by atoms with Crippen LogP contribution in [0.3, 0.4) is 0 Å². The lowest BCUT2D eigenvalue weighted by Crippen LogP contribution is -2.37. The number of nitrogen functional groups attached to an aromatic ring is 1. The minimum absolute atomic E-state index is 0.302. The number of nitrogens with two attached hydrogens (primary N) is 1. The number of hydrogen-bond acceptors (Lipinski definition) is 6. The molecule has 1 saturated heterocycles. The lowest BCUT2D eigenvalue weighted by atomic mass is 10.0. The van der Waals surface area contributed by atoms with Crippen LogP contribution in [0.4, 0.5) is 11.5 Å². The molecule has 1 unspecified atom stereocenters. The van der Waals surface area contributed by atoms with Crippen LogP contribution in [0.25, 0.3) is 0 Å². The van der Waals surface area contributed by atoms with Crippen molar-refractivity contribution in [3.8, 4) is 6.07 Å². The molecule has 2 heterocycles. The van der Waals surface area contributed by atoms with Crippen molar-refractivity contribution in [3.05, 3.63) is 17.8 Å². The monoisotopic (exact) mass is 234 g/mol. The first-order valence-electron chi connectivity index (χ1n) is 5.33. The molecule has 1 aliphatic heterocycles. The summed E-state index contributed by atoms with van der Waals surface area (Å²) in [5.41, 5.74) is 5.47. The van der Waals surface area contributed by atoms with Gasteiger partial charge in [-0.25, -0.2) is 4.98 Å². The van der Waals surface area contributed by atoms with Gasteiger partial charge in [0.25, 0.3) is 0 Å². The average molecular weight is 234 g/mol. The van der Waals surface area contributed by atoms with Gasteiger partial charge in [-0.05, 0) is 6.07 Å². The van der Waals surface area contributed by atoms with Gasteiger partial charge in [0.15, 0.2) is 0 Å². The molecule has 1 aliphatic rings. The van der Waals surface area contributed by atoms with Crippen molar-refractivity contribution in [3.63, 3.8) is 0 Å². The Hall–Kier alpha value is -1.84. The van der Waals surface area contributed by atoms with Crippen LogP contribution >= 0.6 is 0 Å². The van der Waals surface area contributed by atoms with E-state index in [1.807, 2.05) is 6.07 Å². The highest BCUT2D eigenvalue weighted by Gasteiger charge is 2.32. The molecule has 1 aromatic rings. The van der Waals surface area contributed by atoms with Crippen molar-refractivity contribution >= 4 is 11.5 Å². The molecule has 90 valence electrons. The Labute approximate surface area is 99.0 Å². The molecule has 4 N–H and O–H groups in total. The number of anilines is 2. The summed E-state index contributed by atoms with van der Waals surface area (Å²) in [7, 11) is 0. The summed E-state index contributed by atoms with van der Waals surface area (Å²) in [6.07, 6.45) is 2.05. The lowest BCUT2D eigenvalue weighted by Gasteiger charge is -2.21. The molecule has 17 heavy (non-hydrogen) atoms. The van der Waals surface area contributed by atoms with Gasteiger partial charge in [0.1, 0.15) is 17.5 Å². The van der Waals surface area contributed by atoms with Gasteiger partial charge >= 0.3 is 0 Å². The summed E-state index contributed by atoms with van der Waals surface area (Å²) in [6.45, 7) is 1.16. The third kappa shape index (κ3) is 2.64. The average Bonchev–Trinajstić information content (AvgIpc) is 2.75. The second kappa shape index (κ2) is 4.57. The van der Waals surface area contributed by atoms with Crippen LogP contribution in [-0.4, -0.2) is 35.5 Å². The van der Waals surface area contributed by atoms with E-state index in [0.29, 0.717) is 43.2 Å². The zero-order valence-corrected chi connectivity index (χ0v) is 9.31. The highest BCUT2D eigenvalue weighted by atomic mass is 16.5. The highest BCUT2D eigenvalue weighted by molar-refractivity contribution is 5.57. The molecule has 0 amide bonds. The molecule has 0 spiro atoms. The number of aliphatic hydroxyl groups is 1. The fourth-order valence-corrected chi connectivity index (χ4v) is 1.69. The van der Waals surface area contributed by atoms with E-state index in [2.05, 4.69) is 10.3 Å². The molecular formula is C11H14N4O2. The molecule has 2 rings (SSSR count). The van der Waals surface area contributed by atoms with E-state index in [4.69, 9.17) is 15.7 Å². The molecule has 6 heteroatoms. The number of nitrogens with one attached hydrogen (secondary N) is 1. The summed E-state index contributed by atoms with van der Waals surface area (Å²) < 4.78 is 5.13. The van der Waals surface area contributed by atoms with Crippen molar-refractivity contribution in [2.24, 2.45) is 0 Å². The van der Waals surface area contributed by atoms with Crippen molar-refractivity contribution in [2.75, 3.05) is 30.8 Å². The predicted molar refractivity (Wildman–Crippen MR) is 62.2 cm³/mol. The maximum atomic E-state index is 10.0. The molecule has 0 aromatic carbocycles. The number of nitrogens with zero attached hydrogens (tertiary/aromatic N) is 2. The van der Waals surface area contributed by atoms with E-state index in [-0.39, 0.29) is 0 Å². The SMILES string of the molecule is N#Cc1cc(N)cnc1NCC1(O)CCOC1. The minimum atomic E-state index is -0.879. The van der Waals surface area contributed by atoms with Crippen LogP contribution < -0.4 is 11.1 Å². The molecule has 1 fully saturated rings. The van der Waals surface area contributed by atoms with Crippen molar-refractivity contribution in [2.45, 2.75) is 12.0 Å². The fourth-order valence-electron chi connectivity index (χ4n) is 1.69. The van der Waals surface area contributed by atoms with Crippen molar-refractivity contribution in [1.82, 2.24) is 4.98 Å². The van der Waals surface area contributed by atoms with Gasteiger partial charge in [-0.3, -0.25) is 0 Å². The van der Waals surface area contributed by atoms with Gasteiger partial charge in [0, 0.05) is 19.6 Å². The van der Waals surface area contributed by atoms with Gasteiger partial charge in [-0.2, -0.15) is 5.26 Å². The highest BCUT2D eigenvalue weighted by Crippen LogP contribution is 2.20. The van der Waals surface area contributed by atoms with E-state index in [1.54, 1.807) is 6.07 Å². The first kappa shape index (κ1) is 11.6. The van der Waals surface area contributed by atoms with Gasteiger partial charge in [0.05, 0.1) is 24.1 Å². The molecule has 0 radical (unpaired) electrons. The molecular weight excluding hydrogens is 220 g/mol.